The molecular formula is C16H27N4O9P. The Labute approximate surface area is 171 Å². The zero-order valence-corrected chi connectivity index (χ0v) is 17.9. The van der Waals surface area contributed by atoms with Crippen molar-refractivity contribution in [3.05, 3.63) is 33.1 Å². The van der Waals surface area contributed by atoms with Crippen LogP contribution in [0.4, 0.5) is 0 Å². The smallest absolute Gasteiger partial charge is 0.403 e. The number of aromatic amines is 1. The average Bonchev–Trinajstić information content (AvgIpc) is 2.82. The number of nitrogens with one attached hydrogen (secondary N) is 2. The molecule has 0 saturated carbocycles. The summed E-state index contributed by atoms with van der Waals surface area (Å²) >= 11 is 0. The number of aromatic nitrogens is 2. The summed E-state index contributed by atoms with van der Waals surface area (Å²) in [5, 5.41) is 12.6. The molecule has 0 aromatic carbocycles. The van der Waals surface area contributed by atoms with Crippen LogP contribution in [0.25, 0.3) is 0 Å². The number of nitrogens with two attached hydrogens (primary N) is 1. The molecule has 1 saturated heterocycles. The second-order valence-corrected chi connectivity index (χ2v) is 9.06. The van der Waals surface area contributed by atoms with Crippen LogP contribution in [0.2, 0.25) is 0 Å². The van der Waals surface area contributed by atoms with Crippen molar-refractivity contribution in [2.45, 2.75) is 63.8 Å². The van der Waals surface area contributed by atoms with E-state index in [1.807, 2.05) is 0 Å². The van der Waals surface area contributed by atoms with Gasteiger partial charge in [0.2, 0.25) is 0 Å². The molecule has 1 aromatic heterocycles. The monoisotopic (exact) mass is 450 g/mol. The molecule has 1 unspecified atom stereocenters. The third kappa shape index (κ3) is 5.64. The van der Waals surface area contributed by atoms with Crippen LogP contribution in [0, 0.1) is 0 Å². The van der Waals surface area contributed by atoms with Crippen LogP contribution in [0.5, 0.6) is 0 Å². The van der Waals surface area contributed by atoms with Gasteiger partial charge in [-0.25, -0.2) is 14.4 Å². The summed E-state index contributed by atoms with van der Waals surface area (Å²) < 4.78 is 28.7. The van der Waals surface area contributed by atoms with Crippen molar-refractivity contribution >= 4 is 13.7 Å². The third-order valence-corrected chi connectivity index (χ3v) is 5.62. The molecule has 1 fully saturated rings. The number of nitrogens with zero attached hydrogens (tertiary/aromatic N) is 1. The van der Waals surface area contributed by atoms with Crippen LogP contribution < -0.4 is 22.1 Å². The topological polar surface area (TPSA) is 195 Å². The minimum absolute atomic E-state index is 0.404. The minimum Gasteiger partial charge on any atom is -0.462 e. The van der Waals surface area contributed by atoms with Crippen molar-refractivity contribution < 1.29 is 33.4 Å². The molecule has 0 spiro atoms. The second-order valence-electron chi connectivity index (χ2n) is 7.51. The van der Waals surface area contributed by atoms with Crippen molar-refractivity contribution in [3.63, 3.8) is 0 Å². The highest BCUT2D eigenvalue weighted by Crippen LogP contribution is 2.41. The Balaban J connectivity index is 2.06. The van der Waals surface area contributed by atoms with Crippen LogP contribution in [-0.2, 0) is 23.4 Å². The Morgan fingerprint density at radius 1 is 1.47 bits per heavy atom. The molecule has 2 rings (SSSR count). The first-order valence-corrected chi connectivity index (χ1v) is 10.7. The molecule has 0 radical (unpaired) electrons. The van der Waals surface area contributed by atoms with Crippen LogP contribution >= 0.6 is 7.75 Å². The molecule has 170 valence electrons. The normalized spacial score (nSPS) is 29.5. The minimum atomic E-state index is -4.47. The maximum atomic E-state index is 12.2. The number of aliphatic hydroxyl groups is 1. The molecule has 0 aliphatic carbocycles. The van der Waals surface area contributed by atoms with Gasteiger partial charge in [-0.05, 0) is 27.7 Å². The average molecular weight is 450 g/mol. The molecular weight excluding hydrogens is 423 g/mol. The largest absolute Gasteiger partial charge is 0.462 e. The quantitative estimate of drug-likeness (QED) is 0.230. The Morgan fingerprint density at radius 3 is 2.67 bits per heavy atom. The second kappa shape index (κ2) is 9.10. The van der Waals surface area contributed by atoms with Gasteiger partial charge < -0.3 is 25.2 Å². The Bertz CT molecular complexity index is 928. The van der Waals surface area contributed by atoms with Crippen LogP contribution in [0.1, 0.15) is 33.9 Å². The van der Waals surface area contributed by atoms with Crippen LogP contribution in [0.3, 0.4) is 0 Å². The highest BCUT2D eigenvalue weighted by atomic mass is 31.2. The molecule has 1 aromatic rings. The summed E-state index contributed by atoms with van der Waals surface area (Å²) in [7, 11) is -4.47. The summed E-state index contributed by atoms with van der Waals surface area (Å²) in [5.41, 5.74) is 3.20. The van der Waals surface area contributed by atoms with E-state index in [0.29, 0.717) is 0 Å². The predicted octanol–water partition coefficient (Wildman–Crippen LogP) is -1.44. The van der Waals surface area contributed by atoms with Crippen LogP contribution in [-0.4, -0.2) is 62.0 Å². The number of ether oxygens (including phenoxy) is 2. The van der Waals surface area contributed by atoms with Gasteiger partial charge in [-0.15, -0.1) is 0 Å². The molecule has 6 N–H and O–H groups in total. The highest BCUT2D eigenvalue weighted by molar-refractivity contribution is 7.50. The predicted molar refractivity (Wildman–Crippen MR) is 103 cm³/mol. The van der Waals surface area contributed by atoms with Gasteiger partial charge in [0.25, 0.3) is 5.56 Å². The van der Waals surface area contributed by atoms with E-state index in [9.17, 15) is 28.9 Å². The molecule has 30 heavy (non-hydrogen) atoms. The number of hydrogen-bond acceptors (Lipinski definition) is 9. The zero-order valence-electron chi connectivity index (χ0n) is 17.0. The number of H-pyrrole nitrogens is 1. The van der Waals surface area contributed by atoms with E-state index in [1.54, 1.807) is 13.8 Å². The van der Waals surface area contributed by atoms with E-state index in [0.717, 1.165) is 16.8 Å². The number of aliphatic hydroxyl groups excluding tert-OH is 1. The number of rotatable bonds is 8. The van der Waals surface area contributed by atoms with Crippen molar-refractivity contribution in [1.82, 2.24) is 14.6 Å². The van der Waals surface area contributed by atoms with Crippen molar-refractivity contribution in [1.29, 1.82) is 0 Å². The maximum Gasteiger partial charge on any atom is 0.403 e. The van der Waals surface area contributed by atoms with Gasteiger partial charge in [0.05, 0.1) is 18.2 Å². The summed E-state index contributed by atoms with van der Waals surface area (Å²) in [5.74, 6) is -0.743. The molecule has 1 aliphatic heterocycles. The molecule has 14 heteroatoms. The van der Waals surface area contributed by atoms with Crippen molar-refractivity contribution in [2.24, 2.45) is 5.73 Å². The Hall–Kier alpha value is -1.86. The number of hydrogen-bond donors (Lipinski definition) is 5. The van der Waals surface area contributed by atoms with Gasteiger partial charge in [0.15, 0.2) is 6.23 Å². The molecule has 1 aliphatic rings. The standard InChI is InChI=1S/C16H27N4O9P/c1-8(2)28-13(23)9(3)19-30(25,26)27-7-10-12(22)16(4,17)14(29-10)20-6-5-11(21)18-15(20)24/h5-6,8-10,12,14,22H,7,17H2,1-4H3,(H,18,21,24)(H2,19,25,26)/t9-,10+,12+,14+,16+/m0/s1. The fourth-order valence-electron chi connectivity index (χ4n) is 2.88. The lowest BCUT2D eigenvalue weighted by Gasteiger charge is -2.28. The number of carbonyl (C=O) groups excluding carboxylic acids is 1. The summed E-state index contributed by atoms with van der Waals surface area (Å²) in [4.78, 5) is 47.1. The third-order valence-electron chi connectivity index (χ3n) is 4.41. The van der Waals surface area contributed by atoms with E-state index < -0.39 is 67.7 Å². The first-order valence-electron chi connectivity index (χ1n) is 9.14. The van der Waals surface area contributed by atoms with E-state index in [4.69, 9.17) is 19.7 Å². The summed E-state index contributed by atoms with van der Waals surface area (Å²) in [6.45, 7) is 5.43. The molecule has 0 bridgehead atoms. The SMILES string of the molecule is CC(C)OC(=O)[C@H](C)NP(=O)(O)OC[C@H]1O[C@@H](n2ccc(=O)[nH]c2=O)[C@](C)(N)[C@@H]1O. The van der Waals surface area contributed by atoms with Crippen molar-refractivity contribution in [2.75, 3.05) is 6.61 Å². The zero-order chi connectivity index (χ0) is 22.9. The fourth-order valence-corrected chi connectivity index (χ4v) is 3.90. The van der Waals surface area contributed by atoms with Gasteiger partial charge >= 0.3 is 19.4 Å². The van der Waals surface area contributed by atoms with Gasteiger partial charge in [-0.2, -0.15) is 0 Å². The number of esters is 1. The molecule has 6 atom stereocenters. The van der Waals surface area contributed by atoms with Crippen LogP contribution in [0.15, 0.2) is 21.9 Å². The maximum absolute atomic E-state index is 12.2. The van der Waals surface area contributed by atoms with Gasteiger partial charge in [-0.3, -0.25) is 23.7 Å². The summed E-state index contributed by atoms with van der Waals surface area (Å²) in [6, 6.07) is -0.0505. The first kappa shape index (κ1) is 24.4. The van der Waals surface area contributed by atoms with E-state index >= 15 is 0 Å². The van der Waals surface area contributed by atoms with E-state index in [1.165, 1.54) is 13.8 Å². The molecule has 0 amide bonds. The number of carbonyl (C=O) groups is 1. The van der Waals surface area contributed by atoms with E-state index in [-0.39, 0.29) is 0 Å². The lowest BCUT2D eigenvalue weighted by Crippen LogP contribution is -2.53. The molecule has 13 nitrogen and oxygen atoms in total. The Morgan fingerprint density at radius 2 is 2.10 bits per heavy atom. The van der Waals surface area contributed by atoms with Gasteiger partial charge in [-0.1, -0.05) is 0 Å². The van der Waals surface area contributed by atoms with Crippen molar-refractivity contribution in [3.8, 4) is 0 Å². The summed E-state index contributed by atoms with van der Waals surface area (Å²) in [6.07, 6.45) is -2.99. The molecule has 2 heterocycles. The first-order chi connectivity index (χ1) is 13.7. The lowest BCUT2D eigenvalue weighted by molar-refractivity contribution is -0.149. The lowest BCUT2D eigenvalue weighted by atomic mass is 9.93. The van der Waals surface area contributed by atoms with Gasteiger partial charge in [0.1, 0.15) is 18.2 Å². The highest BCUT2D eigenvalue weighted by Gasteiger charge is 2.52. The van der Waals surface area contributed by atoms with E-state index in [2.05, 4.69) is 10.1 Å². The Kier molecular flexibility index (Phi) is 7.41. The fraction of sp³-hybridized carbons (Fsp3) is 0.688. The van der Waals surface area contributed by atoms with Gasteiger partial charge in [0, 0.05) is 12.3 Å².